The zero-order valence-corrected chi connectivity index (χ0v) is 10.0. The number of ether oxygens (including phenoxy) is 1. The molecule has 0 aliphatic carbocycles. The fourth-order valence-corrected chi connectivity index (χ4v) is 2.12. The van der Waals surface area contributed by atoms with Crippen molar-refractivity contribution in [3.63, 3.8) is 0 Å². The number of nitrogens with one attached hydrogen (secondary N) is 1. The van der Waals surface area contributed by atoms with E-state index in [0.717, 1.165) is 11.3 Å². The Morgan fingerprint density at radius 2 is 2.16 bits per heavy atom. The summed E-state index contributed by atoms with van der Waals surface area (Å²) in [6, 6.07) is 10.9. The van der Waals surface area contributed by atoms with Crippen molar-refractivity contribution in [1.29, 1.82) is 0 Å². The summed E-state index contributed by atoms with van der Waals surface area (Å²) in [4.78, 5) is 9.97. The molecule has 1 aromatic carbocycles. The summed E-state index contributed by atoms with van der Waals surface area (Å²) < 4.78 is 10.6. The summed E-state index contributed by atoms with van der Waals surface area (Å²) in [6.45, 7) is 0.984. The van der Waals surface area contributed by atoms with Crippen molar-refractivity contribution >= 4 is 5.88 Å². The number of rotatable bonds is 4. The molecular weight excluding hydrogens is 248 g/mol. The number of benzene rings is 1. The molecule has 19 heavy (non-hydrogen) atoms. The molecule has 1 atom stereocenters. The van der Waals surface area contributed by atoms with Gasteiger partial charge in [0.25, 0.3) is 0 Å². The van der Waals surface area contributed by atoms with E-state index in [0.29, 0.717) is 18.9 Å². The Morgan fingerprint density at radius 3 is 2.95 bits per heavy atom. The number of nitrogens with zero attached hydrogens (tertiary/aromatic N) is 1. The minimum Gasteiger partial charge on any atom is -0.491 e. The first-order valence-electron chi connectivity index (χ1n) is 5.92. The van der Waals surface area contributed by atoms with Crippen molar-refractivity contribution in [2.45, 2.75) is 12.6 Å². The molecule has 0 fully saturated rings. The highest BCUT2D eigenvalue weighted by Gasteiger charge is 2.23. The van der Waals surface area contributed by atoms with Crippen LogP contribution in [0.15, 0.2) is 40.8 Å². The van der Waals surface area contributed by atoms with Crippen LogP contribution in [0.3, 0.4) is 0 Å². The lowest BCUT2D eigenvalue weighted by molar-refractivity contribution is -0.402. The third kappa shape index (κ3) is 2.30. The smallest absolute Gasteiger partial charge is 0.433 e. The largest absolute Gasteiger partial charge is 0.491 e. The van der Waals surface area contributed by atoms with E-state index in [9.17, 15) is 10.1 Å². The molecule has 0 saturated carbocycles. The van der Waals surface area contributed by atoms with Gasteiger partial charge in [0.1, 0.15) is 23.0 Å². The van der Waals surface area contributed by atoms with Crippen molar-refractivity contribution in [1.82, 2.24) is 5.32 Å². The number of furan rings is 1. The molecule has 1 aliphatic rings. The first kappa shape index (κ1) is 11.7. The fraction of sp³-hybridized carbons (Fsp3) is 0.231. The minimum absolute atomic E-state index is 0.0837. The zero-order chi connectivity index (χ0) is 13.2. The standard InChI is InChI=1S/C13H12N2O4/c16-15(17)13-6-5-9(19-13)7-14-11-8-18-12-4-2-1-3-10(11)12/h1-6,11,14H,7-8H2. The predicted molar refractivity (Wildman–Crippen MR) is 66.9 cm³/mol. The second kappa shape index (κ2) is 4.74. The van der Waals surface area contributed by atoms with Gasteiger partial charge in [-0.2, -0.15) is 0 Å². The van der Waals surface area contributed by atoms with Gasteiger partial charge in [-0.15, -0.1) is 0 Å². The summed E-state index contributed by atoms with van der Waals surface area (Å²) in [5, 5.41) is 13.8. The Bertz CT molecular complexity index is 608. The van der Waals surface area contributed by atoms with Crippen molar-refractivity contribution in [2.75, 3.05) is 6.61 Å². The van der Waals surface area contributed by atoms with Gasteiger partial charge in [0.15, 0.2) is 0 Å². The van der Waals surface area contributed by atoms with Gasteiger partial charge in [-0.25, -0.2) is 0 Å². The maximum Gasteiger partial charge on any atom is 0.433 e. The van der Waals surface area contributed by atoms with Gasteiger partial charge in [-0.3, -0.25) is 15.4 Å². The molecule has 2 aromatic rings. The molecule has 0 spiro atoms. The normalized spacial score (nSPS) is 16.9. The number of hydrogen-bond acceptors (Lipinski definition) is 5. The molecule has 1 unspecified atom stereocenters. The summed E-state index contributed by atoms with van der Waals surface area (Å²) in [6.07, 6.45) is 0. The van der Waals surface area contributed by atoms with Crippen LogP contribution in [0.2, 0.25) is 0 Å². The highest BCUT2D eigenvalue weighted by atomic mass is 16.6. The number of hydrogen-bond donors (Lipinski definition) is 1. The summed E-state index contributed by atoms with van der Waals surface area (Å²) in [5.41, 5.74) is 1.10. The molecule has 2 heterocycles. The van der Waals surface area contributed by atoms with Crippen LogP contribution in [0.5, 0.6) is 5.75 Å². The van der Waals surface area contributed by atoms with Crippen LogP contribution < -0.4 is 10.1 Å². The van der Waals surface area contributed by atoms with Gasteiger partial charge < -0.3 is 9.15 Å². The van der Waals surface area contributed by atoms with Crippen LogP contribution in [-0.4, -0.2) is 11.5 Å². The van der Waals surface area contributed by atoms with Gasteiger partial charge in [-0.1, -0.05) is 18.2 Å². The molecule has 0 amide bonds. The summed E-state index contributed by atoms with van der Waals surface area (Å²) in [7, 11) is 0. The Labute approximate surface area is 109 Å². The Morgan fingerprint density at radius 1 is 1.32 bits per heavy atom. The Kier molecular flexibility index (Phi) is 2.92. The molecule has 98 valence electrons. The van der Waals surface area contributed by atoms with Crippen LogP contribution in [-0.2, 0) is 6.54 Å². The van der Waals surface area contributed by atoms with E-state index in [4.69, 9.17) is 9.15 Å². The number of fused-ring (bicyclic) bond motifs is 1. The molecule has 3 rings (SSSR count). The van der Waals surface area contributed by atoms with E-state index in [1.165, 1.54) is 6.07 Å². The maximum absolute atomic E-state index is 10.5. The lowest BCUT2D eigenvalue weighted by Crippen LogP contribution is -2.21. The van der Waals surface area contributed by atoms with Crippen molar-refractivity contribution in [3.8, 4) is 5.75 Å². The topological polar surface area (TPSA) is 77.5 Å². The SMILES string of the molecule is O=[N+]([O-])c1ccc(CNC2COc3ccccc32)o1. The van der Waals surface area contributed by atoms with Gasteiger partial charge in [0.2, 0.25) is 0 Å². The fourth-order valence-electron chi connectivity index (χ4n) is 2.12. The molecular formula is C13H12N2O4. The molecule has 0 saturated heterocycles. The first-order chi connectivity index (χ1) is 9.24. The molecule has 6 nitrogen and oxygen atoms in total. The van der Waals surface area contributed by atoms with Crippen LogP contribution >= 0.6 is 0 Å². The van der Waals surface area contributed by atoms with E-state index < -0.39 is 4.92 Å². The minimum atomic E-state index is -0.544. The van der Waals surface area contributed by atoms with E-state index in [1.807, 2.05) is 24.3 Å². The van der Waals surface area contributed by atoms with Crippen molar-refractivity contribution in [2.24, 2.45) is 0 Å². The van der Waals surface area contributed by atoms with Gasteiger partial charge in [-0.05, 0) is 12.1 Å². The van der Waals surface area contributed by atoms with Gasteiger partial charge >= 0.3 is 5.88 Å². The quantitative estimate of drug-likeness (QED) is 0.674. The van der Waals surface area contributed by atoms with Crippen molar-refractivity contribution < 1.29 is 14.1 Å². The van der Waals surface area contributed by atoms with Gasteiger partial charge in [0, 0.05) is 5.56 Å². The number of nitro groups is 1. The summed E-state index contributed by atoms with van der Waals surface area (Å²) in [5.74, 6) is 1.18. The molecule has 1 aromatic heterocycles. The van der Waals surface area contributed by atoms with Crippen LogP contribution in [0, 0.1) is 10.1 Å². The van der Waals surface area contributed by atoms with E-state index in [2.05, 4.69) is 5.32 Å². The Balaban J connectivity index is 1.65. The molecule has 1 aliphatic heterocycles. The first-order valence-corrected chi connectivity index (χ1v) is 5.92. The highest BCUT2D eigenvalue weighted by Crippen LogP contribution is 2.31. The second-order valence-corrected chi connectivity index (χ2v) is 4.28. The van der Waals surface area contributed by atoms with E-state index >= 15 is 0 Å². The van der Waals surface area contributed by atoms with Gasteiger partial charge in [0.05, 0.1) is 18.7 Å². The average molecular weight is 260 g/mol. The third-order valence-electron chi connectivity index (χ3n) is 3.05. The lowest BCUT2D eigenvalue weighted by Gasteiger charge is -2.09. The zero-order valence-electron chi connectivity index (χ0n) is 10.0. The molecule has 0 bridgehead atoms. The average Bonchev–Trinajstić information content (AvgIpc) is 3.03. The Hall–Kier alpha value is -2.34. The van der Waals surface area contributed by atoms with E-state index in [1.54, 1.807) is 6.07 Å². The van der Waals surface area contributed by atoms with E-state index in [-0.39, 0.29) is 11.9 Å². The summed E-state index contributed by atoms with van der Waals surface area (Å²) >= 11 is 0. The lowest BCUT2D eigenvalue weighted by atomic mass is 10.1. The van der Waals surface area contributed by atoms with Crippen LogP contribution in [0.1, 0.15) is 17.4 Å². The van der Waals surface area contributed by atoms with Crippen LogP contribution in [0.25, 0.3) is 0 Å². The highest BCUT2D eigenvalue weighted by molar-refractivity contribution is 5.39. The monoisotopic (exact) mass is 260 g/mol. The predicted octanol–water partition coefficient (Wildman–Crippen LogP) is 2.41. The second-order valence-electron chi connectivity index (χ2n) is 4.28. The van der Waals surface area contributed by atoms with Crippen molar-refractivity contribution in [3.05, 3.63) is 57.8 Å². The third-order valence-corrected chi connectivity index (χ3v) is 3.05. The maximum atomic E-state index is 10.5. The molecule has 1 N–H and O–H groups in total. The van der Waals surface area contributed by atoms with Crippen LogP contribution in [0.4, 0.5) is 5.88 Å². The molecule has 6 heteroatoms. The molecule has 0 radical (unpaired) electrons. The number of para-hydroxylation sites is 1.